The molecule has 144 valence electrons. The Hall–Kier alpha value is -1.85. The number of hydrogen-bond donors (Lipinski definition) is 1. The highest BCUT2D eigenvalue weighted by Gasteiger charge is 2.41. The van der Waals surface area contributed by atoms with E-state index in [1.54, 1.807) is 6.07 Å². The second kappa shape index (κ2) is 6.95. The Labute approximate surface area is 157 Å². The van der Waals surface area contributed by atoms with Crippen molar-refractivity contribution in [2.45, 2.75) is 50.4 Å². The Morgan fingerprint density at radius 3 is 2.44 bits per heavy atom. The van der Waals surface area contributed by atoms with Gasteiger partial charge in [0.25, 0.3) is 0 Å². The van der Waals surface area contributed by atoms with Gasteiger partial charge in [-0.25, -0.2) is 0 Å². The highest BCUT2D eigenvalue weighted by Crippen LogP contribution is 2.46. The first-order chi connectivity index (χ1) is 12.9. The number of nitrogens with zero attached hydrogens (tertiary/aromatic N) is 1. The molecule has 4 rings (SSSR count). The van der Waals surface area contributed by atoms with E-state index < -0.39 is 11.7 Å². The minimum absolute atomic E-state index is 0.209. The molecule has 1 fully saturated rings. The third kappa shape index (κ3) is 3.50. The average molecular weight is 375 g/mol. The maximum Gasteiger partial charge on any atom is 0.416 e. The largest absolute Gasteiger partial charge is 0.416 e. The van der Waals surface area contributed by atoms with Gasteiger partial charge in [0.05, 0.1) is 12.2 Å². The summed E-state index contributed by atoms with van der Waals surface area (Å²) in [5.41, 5.74) is 3.06. The molecule has 0 aromatic heterocycles. The van der Waals surface area contributed by atoms with Gasteiger partial charge in [0.1, 0.15) is 0 Å². The summed E-state index contributed by atoms with van der Waals surface area (Å²) < 4.78 is 40.3. The van der Waals surface area contributed by atoms with Gasteiger partial charge < -0.3 is 5.11 Å². The molecule has 0 amide bonds. The third-order valence-electron chi connectivity index (χ3n) is 6.33. The second-order valence-electron chi connectivity index (χ2n) is 7.86. The summed E-state index contributed by atoms with van der Waals surface area (Å²) in [5, 5.41) is 9.16. The molecule has 0 atom stereocenters. The first kappa shape index (κ1) is 18.5. The summed E-state index contributed by atoms with van der Waals surface area (Å²) in [6, 6.07) is 12.8. The van der Waals surface area contributed by atoms with Crippen molar-refractivity contribution in [2.24, 2.45) is 0 Å². The van der Waals surface area contributed by atoms with Crippen LogP contribution in [-0.4, -0.2) is 23.1 Å². The van der Waals surface area contributed by atoms with Crippen LogP contribution in [-0.2, 0) is 31.2 Å². The average Bonchev–Trinajstić information content (AvgIpc) is 3.02. The topological polar surface area (TPSA) is 23.5 Å². The molecule has 1 aliphatic heterocycles. The van der Waals surface area contributed by atoms with Crippen LogP contribution < -0.4 is 0 Å². The molecule has 0 radical (unpaired) electrons. The summed E-state index contributed by atoms with van der Waals surface area (Å²) in [5.74, 6) is 0. The van der Waals surface area contributed by atoms with Crippen molar-refractivity contribution < 1.29 is 18.3 Å². The van der Waals surface area contributed by atoms with Crippen LogP contribution in [0.25, 0.3) is 0 Å². The number of aryl methyl sites for hydroxylation is 1. The SMILES string of the molecule is OCc1ccc(CN2CCC3(CCc4ccccc43)CC2)c(C(F)(F)F)c1. The molecule has 2 aromatic carbocycles. The summed E-state index contributed by atoms with van der Waals surface area (Å²) in [6.45, 7) is 1.55. The smallest absolute Gasteiger partial charge is 0.392 e. The first-order valence-corrected chi connectivity index (χ1v) is 9.52. The molecule has 2 aliphatic rings. The van der Waals surface area contributed by atoms with Crippen molar-refractivity contribution in [3.05, 3.63) is 70.3 Å². The van der Waals surface area contributed by atoms with Gasteiger partial charge in [-0.3, -0.25) is 4.90 Å². The molecule has 0 unspecified atom stereocenters. The lowest BCUT2D eigenvalue weighted by atomic mass is 9.74. The predicted octanol–water partition coefficient (Wildman–Crippen LogP) is 4.68. The summed E-state index contributed by atoms with van der Waals surface area (Å²) >= 11 is 0. The molecule has 5 heteroatoms. The van der Waals surface area contributed by atoms with Crippen LogP contribution in [0.2, 0.25) is 0 Å². The number of aliphatic hydroxyl groups is 1. The Morgan fingerprint density at radius 1 is 1.00 bits per heavy atom. The van der Waals surface area contributed by atoms with Crippen LogP contribution in [0.3, 0.4) is 0 Å². The molecule has 1 spiro atoms. The third-order valence-corrected chi connectivity index (χ3v) is 6.33. The van der Waals surface area contributed by atoms with Gasteiger partial charge >= 0.3 is 6.18 Å². The predicted molar refractivity (Wildman–Crippen MR) is 98.3 cm³/mol. The van der Waals surface area contributed by atoms with Gasteiger partial charge in [0, 0.05) is 6.54 Å². The van der Waals surface area contributed by atoms with Crippen molar-refractivity contribution in [1.82, 2.24) is 4.90 Å². The van der Waals surface area contributed by atoms with E-state index in [0.29, 0.717) is 17.7 Å². The quantitative estimate of drug-likeness (QED) is 0.842. The number of alkyl halides is 3. The van der Waals surface area contributed by atoms with E-state index >= 15 is 0 Å². The molecule has 1 aliphatic carbocycles. The Kier molecular flexibility index (Phi) is 4.77. The Morgan fingerprint density at radius 2 is 1.74 bits per heavy atom. The van der Waals surface area contributed by atoms with Crippen LogP contribution in [0.15, 0.2) is 42.5 Å². The van der Waals surface area contributed by atoms with Crippen LogP contribution in [0.1, 0.15) is 47.1 Å². The van der Waals surface area contributed by atoms with E-state index in [9.17, 15) is 13.2 Å². The lowest BCUT2D eigenvalue weighted by Gasteiger charge is -2.40. The minimum atomic E-state index is -4.40. The maximum absolute atomic E-state index is 13.4. The van der Waals surface area contributed by atoms with E-state index in [1.165, 1.54) is 17.2 Å². The van der Waals surface area contributed by atoms with Gasteiger partial charge in [-0.1, -0.05) is 36.4 Å². The lowest BCUT2D eigenvalue weighted by molar-refractivity contribution is -0.138. The maximum atomic E-state index is 13.4. The number of aliphatic hydroxyl groups excluding tert-OH is 1. The highest BCUT2D eigenvalue weighted by atomic mass is 19.4. The Bertz CT molecular complexity index is 823. The molecule has 2 aromatic rings. The van der Waals surface area contributed by atoms with E-state index in [2.05, 4.69) is 29.2 Å². The highest BCUT2D eigenvalue weighted by molar-refractivity contribution is 5.40. The second-order valence-corrected chi connectivity index (χ2v) is 7.86. The van der Waals surface area contributed by atoms with Crippen LogP contribution in [0, 0.1) is 0 Å². The molecule has 27 heavy (non-hydrogen) atoms. The van der Waals surface area contributed by atoms with E-state index in [-0.39, 0.29) is 12.0 Å². The minimum Gasteiger partial charge on any atom is -0.392 e. The fourth-order valence-electron chi connectivity index (χ4n) is 4.79. The van der Waals surface area contributed by atoms with Gasteiger partial charge in [-0.15, -0.1) is 0 Å². The van der Waals surface area contributed by atoms with Crippen LogP contribution >= 0.6 is 0 Å². The first-order valence-electron chi connectivity index (χ1n) is 9.52. The standard InChI is InChI=1S/C22H24F3NO/c23-22(24,25)20-13-16(15-27)5-6-18(20)14-26-11-9-21(10-12-26)8-7-17-3-1-2-4-19(17)21/h1-6,13,27H,7-12,14-15H2. The lowest BCUT2D eigenvalue weighted by Crippen LogP contribution is -2.41. The monoisotopic (exact) mass is 375 g/mol. The van der Waals surface area contributed by atoms with Gasteiger partial charge in [0.2, 0.25) is 0 Å². The number of halogens is 3. The van der Waals surface area contributed by atoms with Gasteiger partial charge in [0.15, 0.2) is 0 Å². The van der Waals surface area contributed by atoms with Gasteiger partial charge in [-0.05, 0) is 72.5 Å². The fraction of sp³-hybridized carbons (Fsp3) is 0.455. The molecule has 0 bridgehead atoms. The molecule has 1 saturated heterocycles. The van der Waals surface area contributed by atoms with Crippen LogP contribution in [0.5, 0.6) is 0 Å². The zero-order valence-electron chi connectivity index (χ0n) is 15.2. The summed E-state index contributed by atoms with van der Waals surface area (Å²) in [7, 11) is 0. The molecule has 1 heterocycles. The van der Waals surface area contributed by atoms with Crippen LogP contribution in [0.4, 0.5) is 13.2 Å². The van der Waals surface area contributed by atoms with Crippen molar-refractivity contribution in [2.75, 3.05) is 13.1 Å². The molecule has 0 saturated carbocycles. The van der Waals surface area contributed by atoms with Crippen molar-refractivity contribution >= 4 is 0 Å². The van der Waals surface area contributed by atoms with Gasteiger partial charge in [-0.2, -0.15) is 13.2 Å². The van der Waals surface area contributed by atoms with Crippen molar-refractivity contribution in [3.8, 4) is 0 Å². The normalized spacial score (nSPS) is 19.4. The summed E-state index contributed by atoms with van der Waals surface area (Å²) in [4.78, 5) is 2.13. The van der Waals surface area contributed by atoms with Crippen molar-refractivity contribution in [3.63, 3.8) is 0 Å². The molecular weight excluding hydrogens is 351 g/mol. The van der Waals surface area contributed by atoms with E-state index in [4.69, 9.17) is 5.11 Å². The number of benzene rings is 2. The summed E-state index contributed by atoms with van der Waals surface area (Å²) in [6.07, 6.45) is -0.141. The number of hydrogen-bond acceptors (Lipinski definition) is 2. The van der Waals surface area contributed by atoms with E-state index in [0.717, 1.165) is 44.8 Å². The molecular formula is C22H24F3NO. The number of piperidine rings is 1. The molecule has 2 nitrogen and oxygen atoms in total. The fourth-order valence-corrected chi connectivity index (χ4v) is 4.79. The zero-order chi connectivity index (χ0) is 19.1. The number of rotatable bonds is 3. The number of likely N-dealkylation sites (tertiary alicyclic amines) is 1. The number of fused-ring (bicyclic) bond motifs is 2. The molecule has 1 N–H and O–H groups in total. The van der Waals surface area contributed by atoms with E-state index in [1.807, 2.05) is 0 Å². The van der Waals surface area contributed by atoms with Crippen molar-refractivity contribution in [1.29, 1.82) is 0 Å². The Balaban J connectivity index is 1.49. The zero-order valence-corrected chi connectivity index (χ0v) is 15.2.